The van der Waals surface area contributed by atoms with Gasteiger partial charge in [0.2, 0.25) is 0 Å². The topological polar surface area (TPSA) is 110 Å². The fourth-order valence-electron chi connectivity index (χ4n) is 0.0745. The molecular formula is NO6PdS-. The summed E-state index contributed by atoms with van der Waals surface area (Å²) in [4.78, 5) is 9.02. The van der Waals surface area contributed by atoms with Gasteiger partial charge in [0.1, 0.15) is 0 Å². The Kier molecular flexibility index (Phi) is 4.79. The van der Waals surface area contributed by atoms with Gasteiger partial charge in [0.05, 0.1) is 0 Å². The van der Waals surface area contributed by atoms with Crippen LogP contribution in [0.25, 0.3) is 0 Å². The smallest absolute Gasteiger partial charge is 0.309 e. The summed E-state index contributed by atoms with van der Waals surface area (Å²) in [5.74, 6) is 0. The van der Waals surface area contributed by atoms with Crippen LogP contribution in [0.1, 0.15) is 0 Å². The maximum absolute atomic E-state index is 9.22. The molecule has 0 saturated carbocycles. The van der Waals surface area contributed by atoms with Crippen molar-refractivity contribution < 1.29 is 42.8 Å². The average molecular weight is 248 g/mol. The molecule has 0 aliphatic heterocycles. The molecule has 0 N–H and O–H groups in total. The van der Waals surface area contributed by atoms with E-state index in [1.165, 1.54) is 0 Å². The van der Waals surface area contributed by atoms with E-state index < -0.39 is 15.5 Å². The van der Waals surface area contributed by atoms with Crippen molar-refractivity contribution in [1.82, 2.24) is 0 Å². The molecule has 0 unspecified atom stereocenters. The third-order valence-corrected chi connectivity index (χ3v) is 0.456. The molecule has 0 rings (SSSR count). The molecule has 0 aromatic carbocycles. The van der Waals surface area contributed by atoms with E-state index in [0.717, 1.165) is 0 Å². The van der Waals surface area contributed by atoms with Crippen LogP contribution in [0.4, 0.5) is 0 Å². The van der Waals surface area contributed by atoms with Gasteiger partial charge in [-0.15, -0.1) is 10.1 Å². The molecule has 0 spiro atoms. The zero-order valence-electron chi connectivity index (χ0n) is 3.62. The molecule has 0 saturated heterocycles. The predicted octanol–water partition coefficient (Wildman–Crippen LogP) is -1.35. The van der Waals surface area contributed by atoms with Gasteiger partial charge in [0.25, 0.3) is 10.4 Å². The molecule has 0 fully saturated rings. The molecule has 0 heterocycles. The van der Waals surface area contributed by atoms with Gasteiger partial charge in [-0.2, -0.15) is 4.28 Å². The maximum Gasteiger partial charge on any atom is 0.309 e. The Balaban J connectivity index is 0. The zero-order valence-corrected chi connectivity index (χ0v) is 5.99. The first-order chi connectivity index (χ1) is 3.42. The first-order valence-electron chi connectivity index (χ1n) is 1.21. The summed E-state index contributed by atoms with van der Waals surface area (Å²) in [7, 11) is -5.17. The monoisotopic (exact) mass is 248 g/mol. The summed E-state index contributed by atoms with van der Waals surface area (Å²) in [6.45, 7) is 0. The van der Waals surface area contributed by atoms with E-state index in [0.29, 0.717) is 0 Å². The standard InChI is InChI=1S/HNO6S.Pd/c2-1(3)7-8(4,5)6;/h(H,4,5,6);/p-1. The molecule has 0 radical (unpaired) electrons. The summed E-state index contributed by atoms with van der Waals surface area (Å²) in [5, 5.41) is 7.33. The van der Waals surface area contributed by atoms with Crippen molar-refractivity contribution in [3.8, 4) is 0 Å². The Morgan fingerprint density at radius 3 is 1.78 bits per heavy atom. The number of hydrogen-bond acceptors (Lipinski definition) is 6. The molecule has 58 valence electrons. The average Bonchev–Trinajstić information content (AvgIpc) is 1.21. The summed E-state index contributed by atoms with van der Waals surface area (Å²) < 4.78 is 30.2. The summed E-state index contributed by atoms with van der Waals surface area (Å²) in [6.07, 6.45) is 0. The molecule has 0 bridgehead atoms. The molecular weight excluding hydrogens is 248 g/mol. The Morgan fingerprint density at radius 2 is 1.78 bits per heavy atom. The molecule has 0 atom stereocenters. The van der Waals surface area contributed by atoms with E-state index in [-0.39, 0.29) is 20.4 Å². The van der Waals surface area contributed by atoms with Crippen LogP contribution in [-0.4, -0.2) is 18.1 Å². The molecule has 0 amide bonds. The summed E-state index contributed by atoms with van der Waals surface area (Å²) >= 11 is 0. The van der Waals surface area contributed by atoms with Crippen molar-refractivity contribution >= 4 is 10.4 Å². The van der Waals surface area contributed by atoms with Gasteiger partial charge in [-0.3, -0.25) is 0 Å². The predicted molar refractivity (Wildman–Crippen MR) is 17.8 cm³/mol. The van der Waals surface area contributed by atoms with Crippen LogP contribution in [0.5, 0.6) is 0 Å². The van der Waals surface area contributed by atoms with Gasteiger partial charge in [-0.1, -0.05) is 0 Å². The van der Waals surface area contributed by atoms with Crippen LogP contribution in [0.3, 0.4) is 0 Å². The van der Waals surface area contributed by atoms with Crippen LogP contribution in [0, 0.1) is 10.1 Å². The second-order valence-electron chi connectivity index (χ2n) is 0.706. The first-order valence-corrected chi connectivity index (χ1v) is 2.55. The second kappa shape index (κ2) is 3.73. The number of rotatable bonds is 2. The molecule has 0 aliphatic carbocycles. The van der Waals surface area contributed by atoms with Gasteiger partial charge in [-0.25, -0.2) is 8.42 Å². The van der Waals surface area contributed by atoms with Gasteiger partial charge >= 0.3 is 5.09 Å². The number of nitrogens with zero attached hydrogens (tertiary/aromatic N) is 1. The van der Waals surface area contributed by atoms with E-state index >= 15 is 0 Å². The van der Waals surface area contributed by atoms with E-state index in [2.05, 4.69) is 4.28 Å². The number of hydrogen-bond donors (Lipinski definition) is 0. The van der Waals surface area contributed by atoms with Crippen LogP contribution in [0.15, 0.2) is 0 Å². The fourth-order valence-corrected chi connectivity index (χ4v) is 0.224. The quantitative estimate of drug-likeness (QED) is 0.196. The van der Waals surface area contributed by atoms with E-state index in [1.807, 2.05) is 0 Å². The largest absolute Gasteiger partial charge is 0.727 e. The van der Waals surface area contributed by atoms with Crippen molar-refractivity contribution in [3.63, 3.8) is 0 Å². The van der Waals surface area contributed by atoms with Crippen LogP contribution < -0.4 is 0 Å². The molecule has 7 nitrogen and oxygen atoms in total. The van der Waals surface area contributed by atoms with E-state index in [9.17, 15) is 13.0 Å². The first kappa shape index (κ1) is 11.6. The van der Waals surface area contributed by atoms with Crippen LogP contribution in [-0.2, 0) is 35.1 Å². The van der Waals surface area contributed by atoms with Gasteiger partial charge < -0.3 is 4.55 Å². The Labute approximate surface area is 63.7 Å². The van der Waals surface area contributed by atoms with Gasteiger partial charge in [-0.05, 0) is 0 Å². The minimum absolute atomic E-state index is 0. The van der Waals surface area contributed by atoms with Crippen molar-refractivity contribution in [3.05, 3.63) is 10.1 Å². The minimum Gasteiger partial charge on any atom is -0.727 e. The Bertz CT molecular complexity index is 179. The van der Waals surface area contributed by atoms with Crippen LogP contribution >= 0.6 is 0 Å². The second-order valence-corrected chi connectivity index (χ2v) is 1.67. The normalized spacial score (nSPS) is 9.44. The van der Waals surface area contributed by atoms with Crippen molar-refractivity contribution in [2.24, 2.45) is 0 Å². The van der Waals surface area contributed by atoms with E-state index in [1.54, 1.807) is 0 Å². The summed E-state index contributed by atoms with van der Waals surface area (Å²) in [6, 6.07) is 0. The zero-order chi connectivity index (χ0) is 6.78. The molecule has 9 heavy (non-hydrogen) atoms. The third kappa shape index (κ3) is 11.4. The Morgan fingerprint density at radius 1 is 1.44 bits per heavy atom. The molecule has 0 aliphatic rings. The molecule has 0 aromatic heterocycles. The summed E-state index contributed by atoms with van der Waals surface area (Å²) in [5.41, 5.74) is 0. The van der Waals surface area contributed by atoms with Crippen molar-refractivity contribution in [2.75, 3.05) is 0 Å². The maximum atomic E-state index is 9.22. The van der Waals surface area contributed by atoms with E-state index in [4.69, 9.17) is 10.1 Å². The molecule has 9 heteroatoms. The van der Waals surface area contributed by atoms with Crippen LogP contribution in [0.2, 0.25) is 0 Å². The van der Waals surface area contributed by atoms with Crippen molar-refractivity contribution in [1.29, 1.82) is 0 Å². The van der Waals surface area contributed by atoms with Gasteiger partial charge in [0, 0.05) is 20.4 Å². The SMILES string of the molecule is O=[N+]([O-])OS(=O)(=O)[O-].[Pd]. The van der Waals surface area contributed by atoms with Gasteiger partial charge in [0.15, 0.2) is 0 Å². The molecule has 0 aromatic rings. The minimum atomic E-state index is -5.17. The van der Waals surface area contributed by atoms with Crippen molar-refractivity contribution in [2.45, 2.75) is 0 Å². The fraction of sp³-hybridized carbons (Fsp3) is 0. The Hall–Kier alpha value is -0.228. The third-order valence-electron chi connectivity index (χ3n) is 0.152.